The normalized spacial score (nSPS) is 23.1. The van der Waals surface area contributed by atoms with Crippen molar-refractivity contribution in [3.05, 3.63) is 57.5 Å². The van der Waals surface area contributed by atoms with Crippen LogP contribution in [0.25, 0.3) is 6.08 Å². The van der Waals surface area contributed by atoms with Gasteiger partial charge in [0.1, 0.15) is 11.2 Å². The first-order valence-electron chi connectivity index (χ1n) is 8.57. The Kier molecular flexibility index (Phi) is 3.93. The van der Waals surface area contributed by atoms with Crippen molar-refractivity contribution in [2.75, 3.05) is 5.32 Å². The van der Waals surface area contributed by atoms with E-state index in [9.17, 15) is 4.79 Å². The molecule has 2 atom stereocenters. The summed E-state index contributed by atoms with van der Waals surface area (Å²) in [5.74, 6) is 0.790. The zero-order valence-electron chi connectivity index (χ0n) is 14.1. The summed E-state index contributed by atoms with van der Waals surface area (Å²) in [5.41, 5.74) is 4.43. The molecule has 2 heterocycles. The van der Waals surface area contributed by atoms with Gasteiger partial charge in [0.25, 0.3) is 5.91 Å². The minimum atomic E-state index is -0.136. The number of fused-ring (bicyclic) bond motifs is 3. The summed E-state index contributed by atoms with van der Waals surface area (Å²) in [4.78, 5) is 14.1. The number of carbonyl (C=O) groups excluding carboxylic acids is 1. The van der Waals surface area contributed by atoms with Crippen LogP contribution in [0.3, 0.4) is 0 Å². The highest BCUT2D eigenvalue weighted by Crippen LogP contribution is 2.41. The van der Waals surface area contributed by atoms with E-state index in [-0.39, 0.29) is 12.1 Å². The number of thiophene rings is 1. The van der Waals surface area contributed by atoms with E-state index in [1.54, 1.807) is 11.3 Å². The van der Waals surface area contributed by atoms with E-state index >= 15 is 0 Å². The number of benzene rings is 1. The Morgan fingerprint density at radius 2 is 2.04 bits per heavy atom. The molecule has 0 saturated heterocycles. The van der Waals surface area contributed by atoms with E-state index in [1.807, 2.05) is 18.2 Å². The van der Waals surface area contributed by atoms with Crippen LogP contribution in [-0.4, -0.2) is 12.1 Å². The molecule has 0 radical (unpaired) electrons. The summed E-state index contributed by atoms with van der Waals surface area (Å²) < 4.78 is 0. The predicted molar refractivity (Wildman–Crippen MR) is 100 cm³/mol. The van der Waals surface area contributed by atoms with Gasteiger partial charge in [-0.1, -0.05) is 43.3 Å². The molecule has 0 saturated carbocycles. The quantitative estimate of drug-likeness (QED) is 0.849. The fourth-order valence-electron chi connectivity index (χ4n) is 3.59. The highest BCUT2D eigenvalue weighted by Gasteiger charge is 2.32. The van der Waals surface area contributed by atoms with Gasteiger partial charge < -0.3 is 10.6 Å². The zero-order valence-corrected chi connectivity index (χ0v) is 14.9. The molecule has 2 aromatic rings. The molecule has 0 bridgehead atoms. The summed E-state index contributed by atoms with van der Waals surface area (Å²) in [6, 6.07) is 10.2. The molecule has 4 heteroatoms. The lowest BCUT2D eigenvalue weighted by atomic mass is 9.88. The maximum atomic E-state index is 12.7. The van der Waals surface area contributed by atoms with Crippen LogP contribution in [0, 0.1) is 5.92 Å². The molecule has 124 valence electrons. The number of nitrogens with one attached hydrogen (secondary N) is 2. The van der Waals surface area contributed by atoms with Crippen LogP contribution >= 0.6 is 11.3 Å². The van der Waals surface area contributed by atoms with Crippen molar-refractivity contribution in [2.45, 2.75) is 39.3 Å². The molecular formula is C20H22N2OS. The van der Waals surface area contributed by atoms with Gasteiger partial charge in [-0.15, -0.1) is 11.3 Å². The first kappa shape index (κ1) is 15.5. The molecule has 0 fully saturated rings. The van der Waals surface area contributed by atoms with Gasteiger partial charge in [-0.3, -0.25) is 4.79 Å². The lowest BCUT2D eigenvalue weighted by Crippen LogP contribution is -2.45. The lowest BCUT2D eigenvalue weighted by Gasteiger charge is -2.27. The van der Waals surface area contributed by atoms with Crippen molar-refractivity contribution in [3.63, 3.8) is 0 Å². The van der Waals surface area contributed by atoms with E-state index in [0.717, 1.165) is 40.5 Å². The molecule has 1 aliphatic carbocycles. The van der Waals surface area contributed by atoms with Crippen LogP contribution in [-0.2, 0) is 12.8 Å². The summed E-state index contributed by atoms with van der Waals surface area (Å²) in [6.45, 7) is 4.36. The van der Waals surface area contributed by atoms with Crippen molar-refractivity contribution >= 4 is 28.3 Å². The molecule has 1 aromatic heterocycles. The number of hydrogen-bond acceptors (Lipinski definition) is 3. The molecule has 1 aliphatic heterocycles. The average Bonchev–Trinajstić information content (AvgIpc) is 2.93. The SMILES string of the molecule is C/C(=C\c1ccccc1)[C@@H]1NC(=O)c2c(sc3c2CC[C@H](C)C3)N1. The number of hydrogen-bond donors (Lipinski definition) is 2. The Morgan fingerprint density at radius 1 is 1.25 bits per heavy atom. The van der Waals surface area contributed by atoms with Gasteiger partial charge in [0.2, 0.25) is 0 Å². The largest absolute Gasteiger partial charge is 0.353 e. The summed E-state index contributed by atoms with van der Waals surface area (Å²) in [7, 11) is 0. The topological polar surface area (TPSA) is 41.1 Å². The van der Waals surface area contributed by atoms with E-state index in [0.29, 0.717) is 0 Å². The Balaban J connectivity index is 1.63. The maximum absolute atomic E-state index is 12.7. The smallest absolute Gasteiger partial charge is 0.256 e. The molecular weight excluding hydrogens is 316 g/mol. The van der Waals surface area contributed by atoms with E-state index in [2.05, 4.69) is 42.7 Å². The van der Waals surface area contributed by atoms with Crippen LogP contribution in [0.15, 0.2) is 35.9 Å². The molecule has 0 spiro atoms. The molecule has 2 N–H and O–H groups in total. The minimum absolute atomic E-state index is 0.0709. The van der Waals surface area contributed by atoms with Gasteiger partial charge >= 0.3 is 0 Å². The van der Waals surface area contributed by atoms with Crippen molar-refractivity contribution in [3.8, 4) is 0 Å². The first-order chi connectivity index (χ1) is 11.6. The highest BCUT2D eigenvalue weighted by molar-refractivity contribution is 7.16. The Labute approximate surface area is 146 Å². The Hall–Kier alpha value is -2.07. The van der Waals surface area contributed by atoms with Gasteiger partial charge in [0, 0.05) is 4.88 Å². The second-order valence-electron chi connectivity index (χ2n) is 6.91. The Morgan fingerprint density at radius 3 is 2.83 bits per heavy atom. The highest BCUT2D eigenvalue weighted by atomic mass is 32.1. The zero-order chi connectivity index (χ0) is 16.7. The van der Waals surface area contributed by atoms with Crippen molar-refractivity contribution < 1.29 is 4.79 Å². The van der Waals surface area contributed by atoms with Crippen LogP contribution < -0.4 is 10.6 Å². The van der Waals surface area contributed by atoms with E-state index in [1.165, 1.54) is 16.9 Å². The molecule has 4 rings (SSSR count). The van der Waals surface area contributed by atoms with Crippen LogP contribution in [0.5, 0.6) is 0 Å². The van der Waals surface area contributed by atoms with Crippen LogP contribution in [0.4, 0.5) is 5.00 Å². The molecule has 2 aliphatic rings. The second kappa shape index (κ2) is 6.10. The summed E-state index contributed by atoms with van der Waals surface area (Å²) in [5, 5.41) is 7.71. The van der Waals surface area contributed by atoms with Gasteiger partial charge in [0.15, 0.2) is 0 Å². The standard InChI is InChI=1S/C20H22N2OS/c1-12-8-9-15-16(10-12)24-20-17(15)19(23)21-18(22-20)13(2)11-14-6-4-3-5-7-14/h3-7,11-12,18,22H,8-10H2,1-2H3,(H,21,23)/b13-11+/t12-,18+/m0/s1. The van der Waals surface area contributed by atoms with E-state index in [4.69, 9.17) is 0 Å². The Bertz CT molecular complexity index is 807. The van der Waals surface area contributed by atoms with Gasteiger partial charge in [-0.25, -0.2) is 0 Å². The second-order valence-corrected chi connectivity index (χ2v) is 8.01. The van der Waals surface area contributed by atoms with Crippen LogP contribution in [0.2, 0.25) is 0 Å². The third-order valence-corrected chi connectivity index (χ3v) is 6.12. The number of anilines is 1. The number of carbonyl (C=O) groups is 1. The molecule has 1 aromatic carbocycles. The van der Waals surface area contributed by atoms with Crippen LogP contribution in [0.1, 0.15) is 46.6 Å². The van der Waals surface area contributed by atoms with Crippen molar-refractivity contribution in [1.29, 1.82) is 0 Å². The maximum Gasteiger partial charge on any atom is 0.256 e. The lowest BCUT2D eigenvalue weighted by molar-refractivity contribution is 0.0941. The molecule has 1 amide bonds. The number of rotatable bonds is 2. The molecule has 24 heavy (non-hydrogen) atoms. The average molecular weight is 338 g/mol. The van der Waals surface area contributed by atoms with Gasteiger partial charge in [0.05, 0.1) is 5.56 Å². The minimum Gasteiger partial charge on any atom is -0.353 e. The van der Waals surface area contributed by atoms with Gasteiger partial charge in [-0.2, -0.15) is 0 Å². The summed E-state index contributed by atoms with van der Waals surface area (Å²) >= 11 is 1.77. The number of amides is 1. The van der Waals surface area contributed by atoms with Crippen molar-refractivity contribution in [1.82, 2.24) is 5.32 Å². The monoisotopic (exact) mass is 338 g/mol. The first-order valence-corrected chi connectivity index (χ1v) is 9.38. The third-order valence-electron chi connectivity index (χ3n) is 4.94. The van der Waals surface area contributed by atoms with Gasteiger partial charge in [-0.05, 0) is 48.8 Å². The molecule has 3 nitrogen and oxygen atoms in total. The molecule has 0 unspecified atom stereocenters. The van der Waals surface area contributed by atoms with E-state index < -0.39 is 0 Å². The summed E-state index contributed by atoms with van der Waals surface area (Å²) in [6.07, 6.45) is 5.30. The third kappa shape index (κ3) is 2.75. The fourth-order valence-corrected chi connectivity index (χ4v) is 5.02. The fraction of sp³-hybridized carbons (Fsp3) is 0.350. The van der Waals surface area contributed by atoms with Crippen molar-refractivity contribution in [2.24, 2.45) is 5.92 Å². The predicted octanol–water partition coefficient (Wildman–Crippen LogP) is 4.46.